The van der Waals surface area contributed by atoms with E-state index < -0.39 is 0 Å². The van der Waals surface area contributed by atoms with E-state index in [0.29, 0.717) is 11.7 Å². The third-order valence-electron chi connectivity index (χ3n) is 2.76. The van der Waals surface area contributed by atoms with Crippen molar-refractivity contribution in [2.24, 2.45) is 0 Å². The molecule has 2 aromatic rings. The van der Waals surface area contributed by atoms with Gasteiger partial charge in [-0.05, 0) is 6.92 Å². The first kappa shape index (κ1) is 13.8. The lowest BCUT2D eigenvalue weighted by molar-refractivity contribution is 0.545. The number of hydrogen-bond acceptors (Lipinski definition) is 4. The highest BCUT2D eigenvalue weighted by Gasteiger charge is 2.20. The largest absolute Gasteiger partial charge is 0.364 e. The maximum absolute atomic E-state index is 6.17. The third-order valence-corrected chi connectivity index (χ3v) is 3.13. The van der Waals surface area contributed by atoms with E-state index >= 15 is 0 Å². The summed E-state index contributed by atoms with van der Waals surface area (Å²) in [5.74, 6) is 1.50. The van der Waals surface area contributed by atoms with Gasteiger partial charge in [-0.2, -0.15) is 0 Å². The van der Waals surface area contributed by atoms with E-state index in [0.717, 1.165) is 22.9 Å². The Bertz CT molecular complexity index is 557. The molecule has 102 valence electrons. The van der Waals surface area contributed by atoms with Gasteiger partial charge in [0.25, 0.3) is 0 Å². The second-order valence-corrected chi connectivity index (χ2v) is 5.85. The lowest BCUT2D eigenvalue weighted by Crippen LogP contribution is -2.18. The smallest absolute Gasteiger partial charge is 0.137 e. The fourth-order valence-electron chi connectivity index (χ4n) is 1.56. The predicted octanol–water partition coefficient (Wildman–Crippen LogP) is 3.07. The minimum Gasteiger partial charge on any atom is -0.364 e. The molecule has 2 heterocycles. The van der Waals surface area contributed by atoms with Crippen molar-refractivity contribution in [2.75, 3.05) is 5.32 Å². The van der Waals surface area contributed by atoms with E-state index in [4.69, 9.17) is 11.6 Å². The summed E-state index contributed by atoms with van der Waals surface area (Å²) < 4.78 is 0. The normalized spacial score (nSPS) is 11.6. The van der Waals surface area contributed by atoms with Crippen molar-refractivity contribution in [1.82, 2.24) is 19.9 Å². The topological polar surface area (TPSA) is 66.5 Å². The van der Waals surface area contributed by atoms with Gasteiger partial charge >= 0.3 is 0 Å². The van der Waals surface area contributed by atoms with Crippen LogP contribution < -0.4 is 5.32 Å². The Morgan fingerprint density at radius 1 is 1.32 bits per heavy atom. The van der Waals surface area contributed by atoms with Gasteiger partial charge in [0.2, 0.25) is 0 Å². The zero-order valence-corrected chi connectivity index (χ0v) is 12.3. The summed E-state index contributed by atoms with van der Waals surface area (Å²) in [5, 5.41) is 3.75. The molecule has 6 heteroatoms. The molecule has 0 amide bonds. The van der Waals surface area contributed by atoms with Crippen molar-refractivity contribution in [3.05, 3.63) is 34.8 Å². The van der Waals surface area contributed by atoms with Crippen LogP contribution in [0.25, 0.3) is 0 Å². The number of hydrogen-bond donors (Lipinski definition) is 2. The van der Waals surface area contributed by atoms with E-state index in [1.807, 2.05) is 6.92 Å². The Morgan fingerprint density at radius 2 is 2.05 bits per heavy atom. The van der Waals surface area contributed by atoms with Crippen LogP contribution in [0, 0.1) is 6.92 Å². The average molecular weight is 280 g/mol. The van der Waals surface area contributed by atoms with Gasteiger partial charge in [-0.25, -0.2) is 15.0 Å². The molecule has 0 fully saturated rings. The van der Waals surface area contributed by atoms with Crippen molar-refractivity contribution in [3.8, 4) is 0 Å². The van der Waals surface area contributed by atoms with Gasteiger partial charge < -0.3 is 10.3 Å². The van der Waals surface area contributed by atoms with Crippen LogP contribution in [0.15, 0.2) is 12.5 Å². The number of nitrogens with zero attached hydrogens (tertiary/aromatic N) is 3. The molecule has 2 aromatic heterocycles. The molecule has 0 saturated carbocycles. The Hall–Kier alpha value is -1.62. The van der Waals surface area contributed by atoms with Gasteiger partial charge in [-0.3, -0.25) is 0 Å². The molecule has 0 aromatic carbocycles. The number of halogens is 1. The van der Waals surface area contributed by atoms with Crippen LogP contribution in [0.2, 0.25) is 5.15 Å². The van der Waals surface area contributed by atoms with Crippen molar-refractivity contribution >= 4 is 17.4 Å². The molecule has 2 N–H and O–H groups in total. The van der Waals surface area contributed by atoms with Crippen molar-refractivity contribution in [1.29, 1.82) is 0 Å². The predicted molar refractivity (Wildman–Crippen MR) is 76.4 cm³/mol. The van der Waals surface area contributed by atoms with Crippen LogP contribution >= 0.6 is 11.6 Å². The summed E-state index contributed by atoms with van der Waals surface area (Å²) >= 11 is 6.17. The molecule has 0 unspecified atom stereocenters. The van der Waals surface area contributed by atoms with Crippen LogP contribution in [-0.4, -0.2) is 19.9 Å². The second-order valence-electron chi connectivity index (χ2n) is 5.49. The summed E-state index contributed by atoms with van der Waals surface area (Å²) in [4.78, 5) is 15.9. The summed E-state index contributed by atoms with van der Waals surface area (Å²) in [6.07, 6.45) is 3.42. The Labute approximate surface area is 117 Å². The zero-order valence-electron chi connectivity index (χ0n) is 11.6. The highest BCUT2D eigenvalue weighted by atomic mass is 35.5. The molecule has 5 nitrogen and oxygen atoms in total. The van der Waals surface area contributed by atoms with Gasteiger partial charge in [0.05, 0.1) is 18.6 Å². The van der Waals surface area contributed by atoms with Crippen LogP contribution in [0.5, 0.6) is 0 Å². The minimum absolute atomic E-state index is 0.137. The maximum atomic E-state index is 6.17. The van der Waals surface area contributed by atoms with E-state index in [-0.39, 0.29) is 5.41 Å². The highest BCUT2D eigenvalue weighted by molar-refractivity contribution is 6.30. The number of nitrogens with one attached hydrogen (secondary N) is 2. The molecule has 0 saturated heterocycles. The van der Waals surface area contributed by atoms with Gasteiger partial charge in [0, 0.05) is 17.2 Å². The molecular formula is C13H18ClN5. The summed E-state index contributed by atoms with van der Waals surface area (Å²) in [6.45, 7) is 8.72. The zero-order chi connectivity index (χ0) is 14.0. The second kappa shape index (κ2) is 5.17. The Kier molecular flexibility index (Phi) is 3.75. The first-order valence-corrected chi connectivity index (χ1v) is 6.51. The van der Waals surface area contributed by atoms with Crippen LogP contribution in [0.4, 0.5) is 5.82 Å². The average Bonchev–Trinajstić information content (AvgIpc) is 2.82. The van der Waals surface area contributed by atoms with Gasteiger partial charge in [0.1, 0.15) is 16.8 Å². The lowest BCUT2D eigenvalue weighted by atomic mass is 9.95. The Balaban J connectivity index is 2.26. The fraction of sp³-hybridized carbons (Fsp3) is 0.462. The van der Waals surface area contributed by atoms with Gasteiger partial charge in [-0.1, -0.05) is 32.4 Å². The summed E-state index contributed by atoms with van der Waals surface area (Å²) in [7, 11) is 0. The number of anilines is 1. The molecular weight excluding hydrogens is 262 g/mol. The van der Waals surface area contributed by atoms with Crippen LogP contribution in [0.1, 0.15) is 37.9 Å². The third kappa shape index (κ3) is 3.23. The fourth-order valence-corrected chi connectivity index (χ4v) is 1.73. The number of rotatable bonds is 3. The molecule has 0 spiro atoms. The quantitative estimate of drug-likeness (QED) is 0.848. The molecule has 19 heavy (non-hydrogen) atoms. The first-order valence-electron chi connectivity index (χ1n) is 6.13. The minimum atomic E-state index is -0.137. The number of imidazole rings is 1. The van der Waals surface area contributed by atoms with Crippen molar-refractivity contribution in [2.45, 2.75) is 39.7 Å². The van der Waals surface area contributed by atoms with Crippen molar-refractivity contribution in [3.63, 3.8) is 0 Å². The molecule has 0 aliphatic carbocycles. The lowest BCUT2D eigenvalue weighted by Gasteiger charge is -2.19. The molecule has 0 bridgehead atoms. The van der Waals surface area contributed by atoms with Crippen LogP contribution in [-0.2, 0) is 12.0 Å². The summed E-state index contributed by atoms with van der Waals surface area (Å²) in [6, 6.07) is 0. The summed E-state index contributed by atoms with van der Waals surface area (Å²) in [5.41, 5.74) is 1.71. The highest BCUT2D eigenvalue weighted by Crippen LogP contribution is 2.26. The van der Waals surface area contributed by atoms with Crippen molar-refractivity contribution < 1.29 is 0 Å². The SMILES string of the molecule is Cc1c(Cl)nc(C(C)(C)C)nc1NCc1cnc[nH]1. The first-order chi connectivity index (χ1) is 8.88. The number of aromatic amines is 1. The Morgan fingerprint density at radius 3 is 2.63 bits per heavy atom. The maximum Gasteiger partial charge on any atom is 0.137 e. The number of aromatic nitrogens is 4. The van der Waals surface area contributed by atoms with E-state index in [1.165, 1.54) is 0 Å². The standard InChI is InChI=1S/C13H18ClN5/c1-8-10(14)18-12(13(2,3)4)19-11(8)16-6-9-5-15-7-17-9/h5,7H,6H2,1-4H3,(H,15,17)(H,16,18,19). The molecule has 2 rings (SSSR count). The van der Waals surface area contributed by atoms with Gasteiger partial charge in [0.15, 0.2) is 0 Å². The van der Waals surface area contributed by atoms with E-state index in [9.17, 15) is 0 Å². The molecule has 0 aliphatic heterocycles. The molecule has 0 atom stereocenters. The monoisotopic (exact) mass is 279 g/mol. The van der Waals surface area contributed by atoms with Crippen LogP contribution in [0.3, 0.4) is 0 Å². The van der Waals surface area contributed by atoms with Gasteiger partial charge in [-0.15, -0.1) is 0 Å². The van der Waals surface area contributed by atoms with E-state index in [2.05, 4.69) is 46.0 Å². The van der Waals surface area contributed by atoms with E-state index in [1.54, 1.807) is 12.5 Å². The molecule has 0 aliphatic rings. The number of H-pyrrole nitrogens is 1. The molecule has 0 radical (unpaired) electrons.